The average molecular weight is 281 g/mol. The smallest absolute Gasteiger partial charge is 0.200 e. The van der Waals surface area contributed by atoms with Gasteiger partial charge in [0.1, 0.15) is 0 Å². The zero-order valence-electron chi connectivity index (χ0n) is 12.1. The van der Waals surface area contributed by atoms with Gasteiger partial charge in [0.2, 0.25) is 0 Å². The lowest BCUT2D eigenvalue weighted by Crippen LogP contribution is -2.21. The number of oxazole rings is 1. The van der Waals surface area contributed by atoms with E-state index in [1.165, 1.54) is 0 Å². The lowest BCUT2D eigenvalue weighted by Gasteiger charge is -2.22. The van der Waals surface area contributed by atoms with Crippen molar-refractivity contribution in [2.45, 2.75) is 58.1 Å². The van der Waals surface area contributed by atoms with Gasteiger partial charge in [-0.1, -0.05) is 20.8 Å². The summed E-state index contributed by atoms with van der Waals surface area (Å²) in [6.07, 6.45) is 4.46. The van der Waals surface area contributed by atoms with Gasteiger partial charge in [-0.25, -0.2) is 4.98 Å². The first-order valence-corrected chi connectivity index (χ1v) is 8.32. The summed E-state index contributed by atoms with van der Waals surface area (Å²) in [6, 6.07) is 0. The average Bonchev–Trinajstić information content (AvgIpc) is 2.73. The zero-order chi connectivity index (χ0) is 13.8. The molecule has 0 saturated carbocycles. The second-order valence-electron chi connectivity index (χ2n) is 5.33. The molecule has 1 aliphatic rings. The molecule has 2 atom stereocenters. The molecular formula is C15H23NO2S. The monoisotopic (exact) mass is 281 g/mol. The van der Waals surface area contributed by atoms with Crippen LogP contribution in [0, 0.1) is 5.92 Å². The molecule has 0 amide bonds. The van der Waals surface area contributed by atoms with Crippen molar-refractivity contribution >= 4 is 17.5 Å². The van der Waals surface area contributed by atoms with E-state index in [9.17, 15) is 4.79 Å². The van der Waals surface area contributed by atoms with E-state index in [1.807, 2.05) is 11.8 Å². The number of aromatic nitrogens is 1. The van der Waals surface area contributed by atoms with Crippen molar-refractivity contribution in [3.63, 3.8) is 0 Å². The molecule has 2 rings (SSSR count). The van der Waals surface area contributed by atoms with Gasteiger partial charge in [-0.3, -0.25) is 4.79 Å². The third-order valence-electron chi connectivity index (χ3n) is 3.53. The number of rotatable bonds is 6. The van der Waals surface area contributed by atoms with E-state index in [0.29, 0.717) is 23.3 Å². The van der Waals surface area contributed by atoms with E-state index in [1.54, 1.807) is 0 Å². The molecule has 2 unspecified atom stereocenters. The number of nitrogens with zero attached hydrogens (tertiary/aromatic N) is 1. The Kier molecular flexibility index (Phi) is 5.08. The Hall–Kier alpha value is -0.770. The molecule has 1 aliphatic carbocycles. The molecule has 0 fully saturated rings. The van der Waals surface area contributed by atoms with Crippen molar-refractivity contribution in [3.05, 3.63) is 17.3 Å². The molecule has 0 spiro atoms. The number of hydrogen-bond acceptors (Lipinski definition) is 4. The molecule has 0 N–H and O–H groups in total. The van der Waals surface area contributed by atoms with Crippen molar-refractivity contribution < 1.29 is 9.21 Å². The number of aryl methyl sites for hydroxylation is 1. The van der Waals surface area contributed by atoms with Crippen LogP contribution < -0.4 is 0 Å². The van der Waals surface area contributed by atoms with Gasteiger partial charge in [0, 0.05) is 18.1 Å². The van der Waals surface area contributed by atoms with Crippen LogP contribution >= 0.6 is 11.8 Å². The highest BCUT2D eigenvalue weighted by molar-refractivity contribution is 7.99. The molecule has 1 heterocycles. The van der Waals surface area contributed by atoms with E-state index in [-0.39, 0.29) is 5.78 Å². The second-order valence-corrected chi connectivity index (χ2v) is 7.05. The lowest BCUT2D eigenvalue weighted by molar-refractivity contribution is 0.0914. The summed E-state index contributed by atoms with van der Waals surface area (Å²) in [7, 11) is 0. The first-order valence-electron chi connectivity index (χ1n) is 7.27. The highest BCUT2D eigenvalue weighted by Gasteiger charge is 2.31. The molecule has 0 aliphatic heterocycles. The van der Waals surface area contributed by atoms with Gasteiger partial charge < -0.3 is 4.42 Å². The summed E-state index contributed by atoms with van der Waals surface area (Å²) >= 11 is 1.97. The van der Waals surface area contributed by atoms with E-state index in [4.69, 9.17) is 4.42 Å². The number of ketones is 1. The first-order chi connectivity index (χ1) is 9.13. The lowest BCUT2D eigenvalue weighted by atomic mass is 9.86. The maximum absolute atomic E-state index is 12.1. The fourth-order valence-electron chi connectivity index (χ4n) is 2.77. The van der Waals surface area contributed by atoms with Crippen molar-refractivity contribution in [1.82, 2.24) is 4.98 Å². The quantitative estimate of drug-likeness (QED) is 0.793. The maximum atomic E-state index is 12.1. The highest BCUT2D eigenvalue weighted by Crippen LogP contribution is 2.31. The van der Waals surface area contributed by atoms with Crippen molar-refractivity contribution in [3.8, 4) is 0 Å². The predicted molar refractivity (Wildman–Crippen MR) is 78.9 cm³/mol. The summed E-state index contributed by atoms with van der Waals surface area (Å²) in [5.74, 6) is 2.99. The summed E-state index contributed by atoms with van der Waals surface area (Å²) in [5, 5.41) is 0.617. The molecule has 4 heteroatoms. The van der Waals surface area contributed by atoms with Gasteiger partial charge in [0.05, 0.1) is 5.69 Å². The van der Waals surface area contributed by atoms with Gasteiger partial charge in [0.15, 0.2) is 17.4 Å². The van der Waals surface area contributed by atoms with E-state index >= 15 is 0 Å². The van der Waals surface area contributed by atoms with Crippen LogP contribution in [-0.4, -0.2) is 21.8 Å². The molecular weight excluding hydrogens is 258 g/mol. The fraction of sp³-hybridized carbons (Fsp3) is 0.733. The van der Waals surface area contributed by atoms with Gasteiger partial charge in [-0.2, -0.15) is 11.8 Å². The van der Waals surface area contributed by atoms with Crippen LogP contribution in [0.2, 0.25) is 0 Å². The number of fused-ring (bicyclic) bond motifs is 1. The third kappa shape index (κ3) is 3.62. The summed E-state index contributed by atoms with van der Waals surface area (Å²) in [6.45, 7) is 6.52. The van der Waals surface area contributed by atoms with Crippen molar-refractivity contribution in [1.29, 1.82) is 0 Å². The number of carbonyl (C=O) groups is 1. The van der Waals surface area contributed by atoms with Crippen LogP contribution in [0.25, 0.3) is 0 Å². The number of Topliss-reactive ketones (excluding diaryl/α,β-unsaturated/α-hetero) is 1. The second kappa shape index (κ2) is 6.60. The van der Waals surface area contributed by atoms with E-state index < -0.39 is 0 Å². The van der Waals surface area contributed by atoms with Crippen molar-refractivity contribution in [2.75, 3.05) is 5.75 Å². The van der Waals surface area contributed by atoms with E-state index in [0.717, 1.165) is 43.0 Å². The van der Waals surface area contributed by atoms with Crippen LogP contribution in [0.4, 0.5) is 0 Å². The Balaban J connectivity index is 2.04. The number of thioether (sulfide) groups is 1. The Morgan fingerprint density at radius 2 is 2.21 bits per heavy atom. The Morgan fingerprint density at radius 1 is 1.42 bits per heavy atom. The molecule has 0 saturated heterocycles. The van der Waals surface area contributed by atoms with Gasteiger partial charge >= 0.3 is 0 Å². The summed E-state index contributed by atoms with van der Waals surface area (Å²) < 4.78 is 5.59. The van der Waals surface area contributed by atoms with Crippen LogP contribution in [0.5, 0.6) is 0 Å². The molecule has 1 aromatic rings. The largest absolute Gasteiger partial charge is 0.437 e. The van der Waals surface area contributed by atoms with E-state index in [2.05, 4.69) is 25.8 Å². The topological polar surface area (TPSA) is 43.1 Å². The van der Waals surface area contributed by atoms with Crippen LogP contribution in [0.1, 0.15) is 62.2 Å². The van der Waals surface area contributed by atoms with Crippen molar-refractivity contribution in [2.24, 2.45) is 5.92 Å². The standard InChI is InChI=1S/C15H23NO2S/c1-4-6-14-16-12-8-11(7-10(3)19-5-2)9-13(17)15(12)18-14/h10-11H,4-9H2,1-3H3. The molecule has 3 nitrogen and oxygen atoms in total. The third-order valence-corrected chi connectivity index (χ3v) is 4.63. The number of carbonyl (C=O) groups excluding carboxylic acids is 1. The Morgan fingerprint density at radius 3 is 2.89 bits per heavy atom. The normalized spacial score (nSPS) is 20.4. The van der Waals surface area contributed by atoms with Gasteiger partial charge in [-0.15, -0.1) is 0 Å². The van der Waals surface area contributed by atoms with Crippen LogP contribution in [0.15, 0.2) is 4.42 Å². The van der Waals surface area contributed by atoms with Crippen LogP contribution in [-0.2, 0) is 12.8 Å². The van der Waals surface area contributed by atoms with Gasteiger partial charge in [0.25, 0.3) is 0 Å². The Bertz CT molecular complexity index is 441. The molecule has 0 aromatic carbocycles. The molecule has 19 heavy (non-hydrogen) atoms. The molecule has 1 aromatic heterocycles. The molecule has 106 valence electrons. The molecule has 0 bridgehead atoms. The van der Waals surface area contributed by atoms with Crippen LogP contribution in [0.3, 0.4) is 0 Å². The maximum Gasteiger partial charge on any atom is 0.200 e. The van der Waals surface area contributed by atoms with Gasteiger partial charge in [-0.05, 0) is 30.9 Å². The highest BCUT2D eigenvalue weighted by atomic mass is 32.2. The summed E-state index contributed by atoms with van der Waals surface area (Å²) in [4.78, 5) is 16.6. The minimum Gasteiger partial charge on any atom is -0.437 e. The minimum absolute atomic E-state index is 0.148. The number of hydrogen-bond donors (Lipinski definition) is 0. The fourth-order valence-corrected chi connectivity index (χ4v) is 3.74. The predicted octanol–water partition coefficient (Wildman–Crippen LogP) is 3.90. The zero-order valence-corrected chi connectivity index (χ0v) is 12.9. The Labute approximate surface area is 119 Å². The minimum atomic E-state index is 0.148. The summed E-state index contributed by atoms with van der Waals surface area (Å²) in [5.41, 5.74) is 0.901. The first kappa shape index (κ1) is 14.6. The SMILES string of the molecule is CCCc1nc2c(o1)C(=O)CC(CC(C)SCC)C2. The molecule has 0 radical (unpaired) electrons.